The fourth-order valence-electron chi connectivity index (χ4n) is 3.60. The van der Waals surface area contributed by atoms with Gasteiger partial charge in [0.1, 0.15) is 18.1 Å². The third-order valence-electron chi connectivity index (χ3n) is 5.33. The Bertz CT molecular complexity index is 1270. The number of aryl methyl sites for hydroxylation is 1. The van der Waals surface area contributed by atoms with Gasteiger partial charge >= 0.3 is 0 Å². The molecule has 5 rings (SSSR count). The van der Waals surface area contributed by atoms with E-state index in [4.69, 9.17) is 4.74 Å². The zero-order valence-corrected chi connectivity index (χ0v) is 17.3. The second-order valence-corrected chi connectivity index (χ2v) is 7.46. The number of rotatable bonds is 5. The Labute approximate surface area is 183 Å². The lowest BCUT2D eigenvalue weighted by Gasteiger charge is -2.14. The van der Waals surface area contributed by atoms with E-state index in [2.05, 4.69) is 20.3 Å². The van der Waals surface area contributed by atoms with Gasteiger partial charge in [-0.1, -0.05) is 5.21 Å². The Balaban J connectivity index is 1.30. The molecule has 0 N–H and O–H groups in total. The van der Waals surface area contributed by atoms with Crippen LogP contribution in [0.25, 0.3) is 5.69 Å². The van der Waals surface area contributed by atoms with E-state index in [0.29, 0.717) is 35.9 Å². The van der Waals surface area contributed by atoms with Gasteiger partial charge in [0, 0.05) is 25.0 Å². The Morgan fingerprint density at radius 2 is 1.97 bits per heavy atom. The van der Waals surface area contributed by atoms with Crippen molar-refractivity contribution in [2.24, 2.45) is 0 Å². The summed E-state index contributed by atoms with van der Waals surface area (Å²) in [6, 6.07) is 13.2. The van der Waals surface area contributed by atoms with E-state index >= 15 is 0 Å². The molecule has 1 aromatic carbocycles. The van der Waals surface area contributed by atoms with Gasteiger partial charge in [-0.3, -0.25) is 9.78 Å². The summed E-state index contributed by atoms with van der Waals surface area (Å²) in [5, 5.41) is 8.25. The smallest absolute Gasteiger partial charge is 0.256 e. The fraction of sp³-hybridized carbons (Fsp3) is 0.174. The third kappa shape index (κ3) is 3.80. The van der Waals surface area contributed by atoms with Gasteiger partial charge in [-0.15, -0.1) is 5.10 Å². The average Bonchev–Trinajstić information content (AvgIpc) is 3.41. The maximum absolute atomic E-state index is 13.3. The van der Waals surface area contributed by atoms with Gasteiger partial charge in [0.2, 0.25) is 5.88 Å². The molecule has 0 saturated heterocycles. The van der Waals surface area contributed by atoms with Gasteiger partial charge in [-0.2, -0.15) is 0 Å². The number of fused-ring (bicyclic) bond motifs is 1. The van der Waals surface area contributed by atoms with E-state index in [9.17, 15) is 9.18 Å². The number of benzene rings is 1. The second kappa shape index (κ2) is 8.18. The topological polar surface area (TPSA) is 86.0 Å². The van der Waals surface area contributed by atoms with Crippen LogP contribution in [0.4, 0.5) is 4.39 Å². The first-order valence-electron chi connectivity index (χ1n) is 10.1. The molecule has 0 atom stereocenters. The minimum Gasteiger partial charge on any atom is -0.471 e. The molecule has 1 aliphatic heterocycles. The molecular formula is C23H19FN6O2. The number of pyridine rings is 2. The van der Waals surface area contributed by atoms with Gasteiger partial charge < -0.3 is 9.64 Å². The molecule has 0 bridgehead atoms. The van der Waals surface area contributed by atoms with Crippen molar-refractivity contribution < 1.29 is 13.9 Å². The summed E-state index contributed by atoms with van der Waals surface area (Å²) in [6.07, 6.45) is 3.20. The van der Waals surface area contributed by atoms with Crippen LogP contribution in [0, 0.1) is 12.7 Å². The predicted molar refractivity (Wildman–Crippen MR) is 112 cm³/mol. The standard InChI is InChI=1S/C23H19FN6O2/c1-15-21(30(28-27-15)19-7-5-18(24)6-8-19)14-32-22-9-4-17-12-29(13-20(17)26-22)23(31)16-3-2-10-25-11-16/h2-11H,12-14H2,1H3. The van der Waals surface area contributed by atoms with Crippen LogP contribution in [0.3, 0.4) is 0 Å². The van der Waals surface area contributed by atoms with Crippen LogP contribution in [-0.4, -0.2) is 35.8 Å². The van der Waals surface area contributed by atoms with Gasteiger partial charge in [0.05, 0.1) is 29.2 Å². The zero-order valence-electron chi connectivity index (χ0n) is 17.3. The molecule has 0 unspecified atom stereocenters. The van der Waals surface area contributed by atoms with Gasteiger partial charge in [0.15, 0.2) is 0 Å². The Morgan fingerprint density at radius 1 is 1.12 bits per heavy atom. The first-order valence-corrected chi connectivity index (χ1v) is 10.1. The first kappa shape index (κ1) is 19.8. The van der Waals surface area contributed by atoms with Crippen molar-refractivity contribution in [1.82, 2.24) is 29.9 Å². The quantitative estimate of drug-likeness (QED) is 0.483. The molecule has 3 aromatic heterocycles. The third-order valence-corrected chi connectivity index (χ3v) is 5.33. The number of hydrogen-bond acceptors (Lipinski definition) is 6. The first-order chi connectivity index (χ1) is 15.6. The van der Waals surface area contributed by atoms with Crippen LogP contribution in [0.15, 0.2) is 60.9 Å². The molecule has 0 fully saturated rings. The number of carbonyl (C=O) groups is 1. The normalized spacial score (nSPS) is 12.6. The number of carbonyl (C=O) groups excluding carboxylic acids is 1. The lowest BCUT2D eigenvalue weighted by Crippen LogP contribution is -2.25. The lowest BCUT2D eigenvalue weighted by atomic mass is 10.2. The van der Waals surface area contributed by atoms with Crippen molar-refractivity contribution in [2.75, 3.05) is 0 Å². The highest BCUT2D eigenvalue weighted by Gasteiger charge is 2.26. The molecule has 9 heteroatoms. The Hall–Kier alpha value is -4.14. The number of halogens is 1. The van der Waals surface area contributed by atoms with E-state index in [0.717, 1.165) is 17.0 Å². The van der Waals surface area contributed by atoms with E-state index < -0.39 is 0 Å². The molecule has 4 aromatic rings. The van der Waals surface area contributed by atoms with Crippen LogP contribution in [-0.2, 0) is 19.7 Å². The summed E-state index contributed by atoms with van der Waals surface area (Å²) >= 11 is 0. The van der Waals surface area contributed by atoms with Crippen LogP contribution >= 0.6 is 0 Å². The van der Waals surface area contributed by atoms with Crippen molar-refractivity contribution in [3.63, 3.8) is 0 Å². The molecule has 0 saturated carbocycles. The summed E-state index contributed by atoms with van der Waals surface area (Å²) in [5.74, 6) is 0.0518. The van der Waals surface area contributed by atoms with Crippen molar-refractivity contribution in [2.45, 2.75) is 26.6 Å². The molecule has 0 spiro atoms. The van der Waals surface area contributed by atoms with E-state index in [-0.39, 0.29) is 18.3 Å². The number of amides is 1. The number of hydrogen-bond donors (Lipinski definition) is 0. The molecule has 4 heterocycles. The highest BCUT2D eigenvalue weighted by Crippen LogP contribution is 2.25. The maximum atomic E-state index is 13.3. The van der Waals surface area contributed by atoms with Crippen molar-refractivity contribution >= 4 is 5.91 Å². The Kier molecular flexibility index (Phi) is 5.06. The number of nitrogens with zero attached hydrogens (tertiary/aromatic N) is 6. The second-order valence-electron chi connectivity index (χ2n) is 7.46. The van der Waals surface area contributed by atoms with Crippen molar-refractivity contribution in [3.8, 4) is 11.6 Å². The summed E-state index contributed by atoms with van der Waals surface area (Å²) in [4.78, 5) is 23.0. The molecule has 160 valence electrons. The SMILES string of the molecule is Cc1nnn(-c2ccc(F)cc2)c1COc1ccc2c(n1)CN(C(=O)c1cccnc1)C2. The summed E-state index contributed by atoms with van der Waals surface area (Å²) < 4.78 is 20.8. The lowest BCUT2D eigenvalue weighted by molar-refractivity contribution is 0.0750. The molecule has 0 radical (unpaired) electrons. The molecule has 8 nitrogen and oxygen atoms in total. The molecule has 32 heavy (non-hydrogen) atoms. The van der Waals surface area contributed by atoms with Crippen LogP contribution in [0.2, 0.25) is 0 Å². The summed E-state index contributed by atoms with van der Waals surface area (Å²) in [6.45, 7) is 2.94. The van der Waals surface area contributed by atoms with E-state index in [1.54, 1.807) is 52.3 Å². The maximum Gasteiger partial charge on any atom is 0.256 e. The summed E-state index contributed by atoms with van der Waals surface area (Å²) in [7, 11) is 0. The van der Waals surface area contributed by atoms with Crippen molar-refractivity contribution in [3.05, 3.63) is 95.0 Å². The Morgan fingerprint density at radius 3 is 2.75 bits per heavy atom. The van der Waals surface area contributed by atoms with Crippen LogP contribution in [0.5, 0.6) is 5.88 Å². The molecular weight excluding hydrogens is 411 g/mol. The highest BCUT2D eigenvalue weighted by molar-refractivity contribution is 5.94. The minimum absolute atomic E-state index is 0.0801. The van der Waals surface area contributed by atoms with E-state index in [1.807, 2.05) is 13.0 Å². The monoisotopic (exact) mass is 430 g/mol. The minimum atomic E-state index is -0.318. The van der Waals surface area contributed by atoms with Gasteiger partial charge in [-0.25, -0.2) is 14.1 Å². The van der Waals surface area contributed by atoms with Gasteiger partial charge in [0.25, 0.3) is 5.91 Å². The molecule has 1 amide bonds. The highest BCUT2D eigenvalue weighted by atomic mass is 19.1. The fourth-order valence-corrected chi connectivity index (χ4v) is 3.60. The zero-order chi connectivity index (χ0) is 22.1. The largest absolute Gasteiger partial charge is 0.471 e. The van der Waals surface area contributed by atoms with Crippen LogP contribution < -0.4 is 4.74 Å². The van der Waals surface area contributed by atoms with Crippen molar-refractivity contribution in [1.29, 1.82) is 0 Å². The molecule has 1 aliphatic rings. The average molecular weight is 430 g/mol. The van der Waals surface area contributed by atoms with Gasteiger partial charge in [-0.05, 0) is 55.0 Å². The summed E-state index contributed by atoms with van der Waals surface area (Å²) in [5.41, 5.74) is 4.49. The number of ether oxygens (including phenoxy) is 1. The molecule has 0 aliphatic carbocycles. The van der Waals surface area contributed by atoms with E-state index in [1.165, 1.54) is 12.1 Å². The van der Waals surface area contributed by atoms with Crippen LogP contribution in [0.1, 0.15) is 33.0 Å². The number of aromatic nitrogens is 5. The predicted octanol–water partition coefficient (Wildman–Crippen LogP) is 3.24.